The zero-order valence-corrected chi connectivity index (χ0v) is 10.9. The number of thiazole rings is 1. The predicted molar refractivity (Wildman–Crippen MR) is 65.0 cm³/mol. The Morgan fingerprint density at radius 2 is 2.31 bits per heavy atom. The molecule has 1 aromatic heterocycles. The first-order valence-corrected chi connectivity index (χ1v) is 6.95. The van der Waals surface area contributed by atoms with Crippen molar-refractivity contribution in [3.63, 3.8) is 0 Å². The lowest BCUT2D eigenvalue weighted by atomic mass is 9.95. The van der Waals surface area contributed by atoms with E-state index in [1.54, 1.807) is 11.3 Å². The van der Waals surface area contributed by atoms with E-state index in [9.17, 15) is 0 Å². The van der Waals surface area contributed by atoms with Crippen LogP contribution in [-0.4, -0.2) is 24.8 Å². The number of ether oxygens (including phenoxy) is 2. The van der Waals surface area contributed by atoms with Crippen LogP contribution in [0.15, 0.2) is 5.38 Å². The number of halogens is 1. The van der Waals surface area contributed by atoms with Crippen LogP contribution in [0.25, 0.3) is 0 Å². The molecule has 1 aliphatic heterocycles. The van der Waals surface area contributed by atoms with Crippen molar-refractivity contribution in [3.05, 3.63) is 16.1 Å². The minimum atomic E-state index is -0.234. The molecular weight excluding hydrogens is 246 g/mol. The second-order valence-electron chi connectivity index (χ2n) is 3.82. The van der Waals surface area contributed by atoms with Crippen LogP contribution in [0, 0.1) is 0 Å². The van der Waals surface area contributed by atoms with Gasteiger partial charge in [0.25, 0.3) is 0 Å². The topological polar surface area (TPSA) is 31.4 Å². The summed E-state index contributed by atoms with van der Waals surface area (Å²) in [6.07, 6.45) is 1.77. The zero-order chi connectivity index (χ0) is 11.4. The lowest BCUT2D eigenvalue weighted by Gasteiger charge is -2.35. The molecule has 0 aliphatic carbocycles. The van der Waals surface area contributed by atoms with Crippen molar-refractivity contribution in [1.29, 1.82) is 0 Å². The Morgan fingerprint density at radius 1 is 1.56 bits per heavy atom. The fourth-order valence-electron chi connectivity index (χ4n) is 1.97. The third-order valence-corrected chi connectivity index (χ3v) is 4.15. The van der Waals surface area contributed by atoms with Crippen molar-refractivity contribution in [2.75, 3.05) is 19.8 Å². The largest absolute Gasteiger partial charge is 0.381 e. The Labute approximate surface area is 105 Å². The number of alkyl halides is 1. The van der Waals surface area contributed by atoms with Gasteiger partial charge < -0.3 is 9.47 Å². The highest BCUT2D eigenvalue weighted by atomic mass is 35.5. The molecule has 0 aromatic carbocycles. The van der Waals surface area contributed by atoms with Gasteiger partial charge in [0.1, 0.15) is 10.6 Å². The third kappa shape index (κ3) is 2.40. The van der Waals surface area contributed by atoms with Gasteiger partial charge in [0.05, 0.1) is 11.6 Å². The molecule has 0 bridgehead atoms. The number of hydrogen-bond acceptors (Lipinski definition) is 4. The standard InChI is InChI=1S/C11H16ClNO2S/c1-2-15-11(3-5-14-6-4-11)10-13-9(7-12)8-16-10/h8H,2-7H2,1H3. The predicted octanol–water partition coefficient (Wildman–Crippen LogP) is 2.92. The molecule has 90 valence electrons. The summed E-state index contributed by atoms with van der Waals surface area (Å²) in [7, 11) is 0. The van der Waals surface area contributed by atoms with Gasteiger partial charge in [0, 0.05) is 38.0 Å². The van der Waals surface area contributed by atoms with E-state index in [1.807, 2.05) is 12.3 Å². The Hall–Kier alpha value is -0.160. The van der Waals surface area contributed by atoms with E-state index in [2.05, 4.69) is 4.98 Å². The van der Waals surface area contributed by atoms with Crippen LogP contribution >= 0.6 is 22.9 Å². The molecule has 16 heavy (non-hydrogen) atoms. The van der Waals surface area contributed by atoms with Gasteiger partial charge in [-0.1, -0.05) is 0 Å². The number of nitrogens with zero attached hydrogens (tertiary/aromatic N) is 1. The summed E-state index contributed by atoms with van der Waals surface area (Å²) in [5.41, 5.74) is 0.703. The van der Waals surface area contributed by atoms with E-state index < -0.39 is 0 Å². The number of rotatable bonds is 4. The molecule has 1 aliphatic rings. The lowest BCUT2D eigenvalue weighted by Crippen LogP contribution is -2.36. The Morgan fingerprint density at radius 3 is 2.88 bits per heavy atom. The molecule has 0 atom stereocenters. The average molecular weight is 262 g/mol. The fourth-order valence-corrected chi connectivity index (χ4v) is 3.23. The molecule has 0 saturated carbocycles. The van der Waals surface area contributed by atoms with Crippen molar-refractivity contribution in [1.82, 2.24) is 4.98 Å². The quantitative estimate of drug-likeness (QED) is 0.781. The third-order valence-electron chi connectivity index (χ3n) is 2.80. The lowest BCUT2D eigenvalue weighted by molar-refractivity contribution is -0.112. The average Bonchev–Trinajstić information content (AvgIpc) is 2.80. The summed E-state index contributed by atoms with van der Waals surface area (Å²) in [6.45, 7) is 4.22. The first-order chi connectivity index (χ1) is 7.80. The van der Waals surface area contributed by atoms with Crippen LogP contribution in [0.2, 0.25) is 0 Å². The Bertz CT molecular complexity index is 331. The molecule has 1 aromatic rings. The Balaban J connectivity index is 2.23. The van der Waals surface area contributed by atoms with E-state index in [-0.39, 0.29) is 5.60 Å². The number of hydrogen-bond donors (Lipinski definition) is 0. The first kappa shape index (κ1) is 12.3. The molecule has 0 amide bonds. The van der Waals surface area contributed by atoms with Crippen molar-refractivity contribution in [2.45, 2.75) is 31.2 Å². The van der Waals surface area contributed by atoms with E-state index >= 15 is 0 Å². The maximum absolute atomic E-state index is 5.94. The molecule has 2 heterocycles. The summed E-state index contributed by atoms with van der Waals surface area (Å²) >= 11 is 7.42. The molecule has 1 fully saturated rings. The maximum Gasteiger partial charge on any atom is 0.125 e. The summed E-state index contributed by atoms with van der Waals surface area (Å²) in [5.74, 6) is 0.467. The minimum absolute atomic E-state index is 0.234. The Kier molecular flexibility index (Phi) is 4.19. The van der Waals surface area contributed by atoms with E-state index in [4.69, 9.17) is 21.1 Å². The van der Waals surface area contributed by atoms with Gasteiger partial charge >= 0.3 is 0 Å². The molecular formula is C11H16ClNO2S. The highest BCUT2D eigenvalue weighted by Gasteiger charge is 2.37. The van der Waals surface area contributed by atoms with Gasteiger partial charge in [0.2, 0.25) is 0 Å². The fraction of sp³-hybridized carbons (Fsp3) is 0.727. The molecule has 2 rings (SSSR count). The molecule has 0 unspecified atom stereocenters. The smallest absolute Gasteiger partial charge is 0.125 e. The van der Waals surface area contributed by atoms with Crippen LogP contribution in [-0.2, 0) is 21.0 Å². The highest BCUT2D eigenvalue weighted by molar-refractivity contribution is 7.09. The van der Waals surface area contributed by atoms with Crippen LogP contribution in [0.5, 0.6) is 0 Å². The van der Waals surface area contributed by atoms with Gasteiger partial charge in [-0.2, -0.15) is 0 Å². The molecule has 0 N–H and O–H groups in total. The van der Waals surface area contributed by atoms with Crippen LogP contribution < -0.4 is 0 Å². The van der Waals surface area contributed by atoms with Gasteiger partial charge in [-0.25, -0.2) is 4.98 Å². The van der Waals surface area contributed by atoms with Crippen LogP contribution in [0.3, 0.4) is 0 Å². The van der Waals surface area contributed by atoms with E-state index in [0.29, 0.717) is 12.5 Å². The minimum Gasteiger partial charge on any atom is -0.381 e. The molecule has 0 spiro atoms. The zero-order valence-electron chi connectivity index (χ0n) is 9.37. The van der Waals surface area contributed by atoms with Crippen molar-refractivity contribution < 1.29 is 9.47 Å². The molecule has 3 nitrogen and oxygen atoms in total. The SMILES string of the molecule is CCOC1(c2nc(CCl)cs2)CCOCC1. The maximum atomic E-state index is 5.94. The van der Waals surface area contributed by atoms with Crippen molar-refractivity contribution >= 4 is 22.9 Å². The molecule has 5 heteroatoms. The summed E-state index contributed by atoms with van der Waals surface area (Å²) in [4.78, 5) is 4.55. The van der Waals surface area contributed by atoms with Crippen LogP contribution in [0.4, 0.5) is 0 Å². The number of aromatic nitrogens is 1. The van der Waals surface area contributed by atoms with Crippen molar-refractivity contribution in [3.8, 4) is 0 Å². The van der Waals surface area contributed by atoms with Crippen LogP contribution in [0.1, 0.15) is 30.5 Å². The van der Waals surface area contributed by atoms with E-state index in [1.165, 1.54) is 0 Å². The van der Waals surface area contributed by atoms with Crippen molar-refractivity contribution in [2.24, 2.45) is 0 Å². The normalized spacial score (nSPS) is 19.9. The van der Waals surface area contributed by atoms with Gasteiger partial charge in [0.15, 0.2) is 0 Å². The summed E-state index contributed by atoms with van der Waals surface area (Å²) in [6, 6.07) is 0. The van der Waals surface area contributed by atoms with Gasteiger partial charge in [-0.05, 0) is 6.92 Å². The monoisotopic (exact) mass is 261 g/mol. The second-order valence-corrected chi connectivity index (χ2v) is 4.94. The van der Waals surface area contributed by atoms with Gasteiger partial charge in [-0.3, -0.25) is 0 Å². The van der Waals surface area contributed by atoms with Gasteiger partial charge in [-0.15, -0.1) is 22.9 Å². The van der Waals surface area contributed by atoms with E-state index in [0.717, 1.165) is 36.8 Å². The molecule has 0 radical (unpaired) electrons. The summed E-state index contributed by atoms with van der Waals surface area (Å²) < 4.78 is 11.3. The summed E-state index contributed by atoms with van der Waals surface area (Å²) in [5, 5.41) is 3.06. The highest BCUT2D eigenvalue weighted by Crippen LogP contribution is 2.37. The second kappa shape index (κ2) is 5.45. The molecule has 1 saturated heterocycles. The first-order valence-electron chi connectivity index (χ1n) is 5.53.